The van der Waals surface area contributed by atoms with Gasteiger partial charge in [0, 0.05) is 13.1 Å². The van der Waals surface area contributed by atoms with Crippen LogP contribution in [-0.2, 0) is 22.6 Å². The fourth-order valence-corrected chi connectivity index (χ4v) is 3.73. The van der Waals surface area contributed by atoms with E-state index in [1.54, 1.807) is 4.90 Å². The predicted molar refractivity (Wildman–Crippen MR) is 95.9 cm³/mol. The van der Waals surface area contributed by atoms with E-state index in [-0.39, 0.29) is 18.4 Å². The van der Waals surface area contributed by atoms with Crippen LogP contribution in [0.2, 0.25) is 0 Å². The summed E-state index contributed by atoms with van der Waals surface area (Å²) < 4.78 is 11.4. The van der Waals surface area contributed by atoms with Gasteiger partial charge in [-0.3, -0.25) is 4.79 Å². The maximum absolute atomic E-state index is 12.1. The lowest BCUT2D eigenvalue weighted by atomic mass is 9.75. The molecular weight excluding hydrogens is 318 g/mol. The molecule has 1 aromatic heterocycles. The maximum Gasteiger partial charge on any atom is 0.252 e. The van der Waals surface area contributed by atoms with Gasteiger partial charge in [-0.25, -0.2) is 0 Å². The third-order valence-corrected chi connectivity index (χ3v) is 5.32. The Morgan fingerprint density at radius 2 is 2.04 bits per heavy atom. The van der Waals surface area contributed by atoms with Crippen LogP contribution in [0, 0.1) is 17.8 Å². The van der Waals surface area contributed by atoms with E-state index in [0.29, 0.717) is 49.2 Å². The predicted octanol–water partition coefficient (Wildman–Crippen LogP) is 3.46. The average molecular weight is 351 g/mol. The third kappa shape index (κ3) is 5.53. The third-order valence-electron chi connectivity index (χ3n) is 5.32. The van der Waals surface area contributed by atoms with Gasteiger partial charge in [0.15, 0.2) is 5.82 Å². The fraction of sp³-hybridized carbons (Fsp3) is 0.842. The van der Waals surface area contributed by atoms with E-state index in [0.717, 1.165) is 6.42 Å². The van der Waals surface area contributed by atoms with Crippen LogP contribution < -0.4 is 0 Å². The summed E-state index contributed by atoms with van der Waals surface area (Å²) in [5, 5.41) is 3.93. The van der Waals surface area contributed by atoms with Gasteiger partial charge in [0.1, 0.15) is 6.61 Å². The molecule has 0 bridgehead atoms. The zero-order valence-corrected chi connectivity index (χ0v) is 16.3. The van der Waals surface area contributed by atoms with Crippen LogP contribution in [0.25, 0.3) is 0 Å². The van der Waals surface area contributed by atoms with Gasteiger partial charge < -0.3 is 14.2 Å². The van der Waals surface area contributed by atoms with Gasteiger partial charge in [-0.1, -0.05) is 32.3 Å². The molecule has 0 spiro atoms. The van der Waals surface area contributed by atoms with Crippen LogP contribution in [0.5, 0.6) is 0 Å². The first kappa shape index (κ1) is 19.9. The molecule has 0 aliphatic heterocycles. The van der Waals surface area contributed by atoms with Crippen molar-refractivity contribution in [2.75, 3.05) is 13.1 Å². The van der Waals surface area contributed by atoms with Crippen LogP contribution in [0.1, 0.15) is 65.6 Å². The summed E-state index contributed by atoms with van der Waals surface area (Å²) in [7, 11) is 0. The highest BCUT2D eigenvalue weighted by Gasteiger charge is 2.31. The summed E-state index contributed by atoms with van der Waals surface area (Å²) in [6.07, 6.45) is 4.01. The Morgan fingerprint density at radius 1 is 1.32 bits per heavy atom. The normalized spacial score (nSPS) is 23.8. The molecule has 1 aromatic rings. The molecule has 6 nitrogen and oxygen atoms in total. The van der Waals surface area contributed by atoms with E-state index in [2.05, 4.69) is 30.9 Å². The molecule has 1 fully saturated rings. The van der Waals surface area contributed by atoms with Gasteiger partial charge in [0.2, 0.25) is 5.91 Å². The van der Waals surface area contributed by atoms with Crippen molar-refractivity contribution in [3.63, 3.8) is 0 Å². The SMILES string of the molecule is CCN(CC)C(=O)Cc1noc(COC2CC(C)CCC2C(C)C)n1. The summed E-state index contributed by atoms with van der Waals surface area (Å²) in [5.74, 6) is 2.82. The van der Waals surface area contributed by atoms with Gasteiger partial charge >= 0.3 is 0 Å². The largest absolute Gasteiger partial charge is 0.368 e. The molecule has 3 atom stereocenters. The summed E-state index contributed by atoms with van der Waals surface area (Å²) in [4.78, 5) is 18.2. The zero-order valence-electron chi connectivity index (χ0n) is 16.3. The Bertz CT molecular complexity index is 540. The first-order valence-corrected chi connectivity index (χ1v) is 9.65. The molecule has 0 aromatic carbocycles. The van der Waals surface area contributed by atoms with Crippen molar-refractivity contribution >= 4 is 5.91 Å². The standard InChI is InChI=1S/C19H33N3O3/c1-6-22(7-2)19(23)11-17-20-18(25-21-17)12-24-16-10-14(5)8-9-15(16)13(3)4/h13-16H,6-12H2,1-5H3. The Kier molecular flexibility index (Phi) is 7.41. The number of carbonyl (C=O) groups is 1. The number of carbonyl (C=O) groups excluding carboxylic acids is 1. The summed E-state index contributed by atoms with van der Waals surface area (Å²) in [6, 6.07) is 0. The number of rotatable bonds is 8. The molecular formula is C19H33N3O3. The van der Waals surface area contributed by atoms with Crippen molar-refractivity contribution in [1.29, 1.82) is 0 Å². The molecule has 6 heteroatoms. The number of aromatic nitrogens is 2. The van der Waals surface area contributed by atoms with Gasteiger partial charge in [-0.2, -0.15) is 4.98 Å². The number of amides is 1. The van der Waals surface area contributed by atoms with E-state index in [4.69, 9.17) is 9.26 Å². The second-order valence-electron chi connectivity index (χ2n) is 7.52. The van der Waals surface area contributed by atoms with Gasteiger partial charge in [0.25, 0.3) is 5.89 Å². The molecule has 3 unspecified atom stereocenters. The lowest BCUT2D eigenvalue weighted by Gasteiger charge is -2.36. The van der Waals surface area contributed by atoms with Crippen molar-refractivity contribution < 1.29 is 14.1 Å². The number of hydrogen-bond acceptors (Lipinski definition) is 5. The van der Waals surface area contributed by atoms with Crippen LogP contribution in [0.4, 0.5) is 0 Å². The zero-order chi connectivity index (χ0) is 18.4. The number of nitrogens with zero attached hydrogens (tertiary/aromatic N) is 3. The minimum absolute atomic E-state index is 0.0271. The first-order chi connectivity index (χ1) is 11.9. The molecule has 0 saturated heterocycles. The number of hydrogen-bond donors (Lipinski definition) is 0. The molecule has 1 aliphatic carbocycles. The quantitative estimate of drug-likeness (QED) is 0.717. The highest BCUT2D eigenvalue weighted by Crippen LogP contribution is 2.35. The van der Waals surface area contributed by atoms with Crippen molar-refractivity contribution in [3.8, 4) is 0 Å². The average Bonchev–Trinajstić information content (AvgIpc) is 3.01. The smallest absolute Gasteiger partial charge is 0.252 e. The molecule has 2 rings (SSSR count). The molecule has 25 heavy (non-hydrogen) atoms. The first-order valence-electron chi connectivity index (χ1n) is 9.65. The van der Waals surface area contributed by atoms with Crippen molar-refractivity contribution in [2.24, 2.45) is 17.8 Å². The van der Waals surface area contributed by atoms with E-state index in [1.165, 1.54) is 12.8 Å². The van der Waals surface area contributed by atoms with E-state index in [1.807, 2.05) is 13.8 Å². The molecule has 0 N–H and O–H groups in total. The molecule has 1 amide bonds. The van der Waals surface area contributed by atoms with E-state index < -0.39 is 0 Å². The van der Waals surface area contributed by atoms with Gasteiger partial charge in [-0.05, 0) is 44.4 Å². The minimum atomic E-state index is 0.0271. The van der Waals surface area contributed by atoms with Crippen LogP contribution in [0.15, 0.2) is 4.52 Å². The maximum atomic E-state index is 12.1. The topological polar surface area (TPSA) is 68.5 Å². The second kappa shape index (κ2) is 9.32. The number of likely N-dealkylation sites (N-methyl/N-ethyl adjacent to an activating group) is 1. The van der Waals surface area contributed by atoms with Crippen molar-refractivity contribution in [3.05, 3.63) is 11.7 Å². The summed E-state index contributed by atoms with van der Waals surface area (Å²) in [5.41, 5.74) is 0. The van der Waals surface area contributed by atoms with Gasteiger partial charge in [-0.15, -0.1) is 0 Å². The Hall–Kier alpha value is -1.43. The van der Waals surface area contributed by atoms with Crippen LogP contribution in [-0.4, -0.2) is 40.1 Å². The Balaban J connectivity index is 1.89. The monoisotopic (exact) mass is 351 g/mol. The molecule has 1 aliphatic rings. The Morgan fingerprint density at radius 3 is 2.68 bits per heavy atom. The highest BCUT2D eigenvalue weighted by molar-refractivity contribution is 5.77. The second-order valence-corrected chi connectivity index (χ2v) is 7.52. The summed E-state index contributed by atoms with van der Waals surface area (Å²) >= 11 is 0. The minimum Gasteiger partial charge on any atom is -0.368 e. The van der Waals surface area contributed by atoms with Crippen LogP contribution in [0.3, 0.4) is 0 Å². The molecule has 1 saturated carbocycles. The molecule has 1 heterocycles. The fourth-order valence-electron chi connectivity index (χ4n) is 3.73. The number of ether oxygens (including phenoxy) is 1. The lowest BCUT2D eigenvalue weighted by Crippen LogP contribution is -2.34. The van der Waals surface area contributed by atoms with Crippen LogP contribution >= 0.6 is 0 Å². The van der Waals surface area contributed by atoms with Gasteiger partial charge in [0.05, 0.1) is 12.5 Å². The Labute approximate surface area is 151 Å². The summed E-state index contributed by atoms with van der Waals surface area (Å²) in [6.45, 7) is 12.5. The lowest BCUT2D eigenvalue weighted by molar-refractivity contribution is -0.130. The molecule has 142 valence electrons. The van der Waals surface area contributed by atoms with Crippen molar-refractivity contribution in [1.82, 2.24) is 15.0 Å². The molecule has 0 radical (unpaired) electrons. The van der Waals surface area contributed by atoms with Crippen molar-refractivity contribution in [2.45, 2.75) is 73.0 Å². The highest BCUT2D eigenvalue weighted by atomic mass is 16.5. The van der Waals surface area contributed by atoms with E-state index in [9.17, 15) is 4.79 Å². The van der Waals surface area contributed by atoms with E-state index >= 15 is 0 Å².